The smallest absolute Gasteiger partial charge is 0.270 e. The number of ether oxygens (including phenoxy) is 1. The van der Waals surface area contributed by atoms with E-state index in [4.69, 9.17) is 4.74 Å². The minimum Gasteiger partial charge on any atom is -0.497 e. The molecule has 31 heavy (non-hydrogen) atoms. The maximum absolute atomic E-state index is 13.2. The summed E-state index contributed by atoms with van der Waals surface area (Å²) in [5, 5.41) is 3.88. The molecule has 3 rings (SSSR count). The van der Waals surface area contributed by atoms with Crippen LogP contribution in [-0.4, -0.2) is 41.5 Å². The lowest BCUT2D eigenvalue weighted by atomic mass is 10.1. The molecule has 0 spiro atoms. The number of carbonyl (C=O) groups excluding carboxylic acids is 2. The Balaban J connectivity index is 2.02. The Bertz CT molecular complexity index is 1090. The number of hydrogen-bond donors (Lipinski definition) is 1. The molecule has 0 unspecified atom stereocenters. The summed E-state index contributed by atoms with van der Waals surface area (Å²) >= 11 is 0. The van der Waals surface area contributed by atoms with Crippen molar-refractivity contribution in [3.05, 3.63) is 71.6 Å². The van der Waals surface area contributed by atoms with Crippen LogP contribution in [0.25, 0.3) is 17.0 Å². The molecule has 1 aromatic heterocycles. The largest absolute Gasteiger partial charge is 0.497 e. The zero-order valence-electron chi connectivity index (χ0n) is 18.5. The van der Waals surface area contributed by atoms with E-state index in [1.807, 2.05) is 38.2 Å². The van der Waals surface area contributed by atoms with Crippen molar-refractivity contribution in [1.82, 2.24) is 14.8 Å². The molecule has 162 valence electrons. The number of aryl methyl sites for hydroxylation is 1. The zero-order valence-corrected chi connectivity index (χ0v) is 18.5. The molecule has 1 N–H and O–H groups in total. The second kappa shape index (κ2) is 9.98. The van der Waals surface area contributed by atoms with E-state index in [0.29, 0.717) is 24.4 Å². The lowest BCUT2D eigenvalue weighted by molar-refractivity contribution is -0.127. The first-order valence-corrected chi connectivity index (χ1v) is 10.6. The molecule has 0 aliphatic rings. The van der Waals surface area contributed by atoms with Gasteiger partial charge in [0.2, 0.25) is 0 Å². The summed E-state index contributed by atoms with van der Waals surface area (Å²) < 4.78 is 7.29. The summed E-state index contributed by atoms with van der Waals surface area (Å²) in [6.07, 6.45) is 3.79. The number of carbonyl (C=O) groups is 2. The maximum Gasteiger partial charge on any atom is 0.270 e. The van der Waals surface area contributed by atoms with Crippen LogP contribution in [0.2, 0.25) is 0 Å². The van der Waals surface area contributed by atoms with Gasteiger partial charge >= 0.3 is 0 Å². The molecule has 2 aromatic carbocycles. The van der Waals surface area contributed by atoms with E-state index >= 15 is 0 Å². The standard InChI is InChI=1S/C25H29N3O3/c1-5-27(6-2)25(30)22(26-24(29)18-12-14-20(31-4)15-13-18)16-19-17-28(7-3)23-11-9-8-10-21(19)23/h8-17H,5-7H2,1-4H3,(H,26,29). The number of rotatable bonds is 8. The van der Waals surface area contributed by atoms with Gasteiger partial charge in [-0.25, -0.2) is 0 Å². The van der Waals surface area contributed by atoms with Crippen molar-refractivity contribution >= 4 is 28.8 Å². The molecule has 0 aliphatic heterocycles. The van der Waals surface area contributed by atoms with Crippen molar-refractivity contribution in [3.63, 3.8) is 0 Å². The van der Waals surface area contributed by atoms with Crippen molar-refractivity contribution in [2.75, 3.05) is 20.2 Å². The van der Waals surface area contributed by atoms with E-state index in [1.54, 1.807) is 42.4 Å². The number of likely N-dealkylation sites (N-methyl/N-ethyl adjacent to an activating group) is 1. The van der Waals surface area contributed by atoms with Crippen LogP contribution >= 0.6 is 0 Å². The van der Waals surface area contributed by atoms with Gasteiger partial charge in [-0.1, -0.05) is 18.2 Å². The van der Waals surface area contributed by atoms with Gasteiger partial charge in [-0.2, -0.15) is 0 Å². The van der Waals surface area contributed by atoms with E-state index in [9.17, 15) is 9.59 Å². The predicted molar refractivity (Wildman–Crippen MR) is 124 cm³/mol. The van der Waals surface area contributed by atoms with Crippen LogP contribution in [0, 0.1) is 0 Å². The fourth-order valence-electron chi connectivity index (χ4n) is 3.58. The van der Waals surface area contributed by atoms with Crippen LogP contribution < -0.4 is 10.1 Å². The summed E-state index contributed by atoms with van der Waals surface area (Å²) in [7, 11) is 1.57. The number of benzene rings is 2. The summed E-state index contributed by atoms with van der Waals surface area (Å²) in [6.45, 7) is 7.85. The van der Waals surface area contributed by atoms with Crippen LogP contribution in [0.5, 0.6) is 5.75 Å². The topological polar surface area (TPSA) is 63.6 Å². The van der Waals surface area contributed by atoms with Gasteiger partial charge in [-0.3, -0.25) is 9.59 Å². The third kappa shape index (κ3) is 4.79. The number of para-hydroxylation sites is 1. The summed E-state index contributed by atoms with van der Waals surface area (Å²) in [5.41, 5.74) is 2.69. The lowest BCUT2D eigenvalue weighted by Crippen LogP contribution is -2.38. The van der Waals surface area contributed by atoms with Crippen LogP contribution in [0.1, 0.15) is 36.7 Å². The number of hydrogen-bond acceptors (Lipinski definition) is 3. The quantitative estimate of drug-likeness (QED) is 0.554. The molecule has 0 aliphatic carbocycles. The second-order valence-electron chi connectivity index (χ2n) is 7.11. The molecule has 6 nitrogen and oxygen atoms in total. The molecule has 0 saturated carbocycles. The molecule has 0 bridgehead atoms. The molecule has 1 heterocycles. The fraction of sp³-hybridized carbons (Fsp3) is 0.280. The third-order valence-corrected chi connectivity index (χ3v) is 5.34. The summed E-state index contributed by atoms with van der Waals surface area (Å²) in [4.78, 5) is 27.8. The summed E-state index contributed by atoms with van der Waals surface area (Å²) in [6, 6.07) is 14.8. The van der Waals surface area contributed by atoms with Gasteiger partial charge in [0.1, 0.15) is 11.4 Å². The molecule has 0 saturated heterocycles. The minimum absolute atomic E-state index is 0.208. The Morgan fingerprint density at radius 1 is 1.03 bits per heavy atom. The Morgan fingerprint density at radius 2 is 1.71 bits per heavy atom. The number of amides is 2. The molecule has 0 atom stereocenters. The normalized spacial score (nSPS) is 11.4. The first kappa shape index (κ1) is 22.2. The highest BCUT2D eigenvalue weighted by Gasteiger charge is 2.20. The van der Waals surface area contributed by atoms with Gasteiger partial charge in [-0.15, -0.1) is 0 Å². The number of aromatic nitrogens is 1. The molecular formula is C25H29N3O3. The van der Waals surface area contributed by atoms with Crippen molar-refractivity contribution in [2.24, 2.45) is 0 Å². The summed E-state index contributed by atoms with van der Waals surface area (Å²) in [5.74, 6) is 0.118. The second-order valence-corrected chi connectivity index (χ2v) is 7.11. The monoisotopic (exact) mass is 419 g/mol. The highest BCUT2D eigenvalue weighted by atomic mass is 16.5. The van der Waals surface area contributed by atoms with Crippen molar-refractivity contribution in [2.45, 2.75) is 27.3 Å². The molecule has 0 fully saturated rings. The highest BCUT2D eigenvalue weighted by Crippen LogP contribution is 2.24. The third-order valence-electron chi connectivity index (χ3n) is 5.34. The SMILES string of the molecule is CCN(CC)C(=O)C(=Cc1cn(CC)c2ccccc12)NC(=O)c1ccc(OC)cc1. The first-order valence-electron chi connectivity index (χ1n) is 10.6. The van der Waals surface area contributed by atoms with E-state index in [0.717, 1.165) is 23.0 Å². The number of fused-ring (bicyclic) bond motifs is 1. The first-order chi connectivity index (χ1) is 15.0. The van der Waals surface area contributed by atoms with E-state index < -0.39 is 0 Å². The van der Waals surface area contributed by atoms with Crippen molar-refractivity contribution < 1.29 is 14.3 Å². The lowest BCUT2D eigenvalue weighted by Gasteiger charge is -2.21. The number of nitrogens with zero attached hydrogens (tertiary/aromatic N) is 2. The Labute approximate surface area is 183 Å². The number of methoxy groups -OCH3 is 1. The fourth-order valence-corrected chi connectivity index (χ4v) is 3.58. The van der Waals surface area contributed by atoms with Gasteiger partial charge in [0.25, 0.3) is 11.8 Å². The maximum atomic E-state index is 13.2. The Kier molecular flexibility index (Phi) is 7.13. The van der Waals surface area contributed by atoms with Crippen molar-refractivity contribution in [3.8, 4) is 5.75 Å². The van der Waals surface area contributed by atoms with E-state index in [1.165, 1.54) is 0 Å². The van der Waals surface area contributed by atoms with Gasteiger partial charge in [0, 0.05) is 47.9 Å². The molecule has 2 amide bonds. The van der Waals surface area contributed by atoms with Gasteiger partial charge in [0.15, 0.2) is 0 Å². The molecule has 3 aromatic rings. The van der Waals surface area contributed by atoms with Crippen molar-refractivity contribution in [1.29, 1.82) is 0 Å². The average molecular weight is 420 g/mol. The molecule has 6 heteroatoms. The highest BCUT2D eigenvalue weighted by molar-refractivity contribution is 6.06. The molecular weight excluding hydrogens is 390 g/mol. The Morgan fingerprint density at radius 3 is 2.32 bits per heavy atom. The minimum atomic E-state index is -0.339. The zero-order chi connectivity index (χ0) is 22.4. The van der Waals surface area contributed by atoms with Crippen LogP contribution in [0.3, 0.4) is 0 Å². The van der Waals surface area contributed by atoms with E-state index in [2.05, 4.69) is 22.9 Å². The van der Waals surface area contributed by atoms with Crippen LogP contribution in [0.15, 0.2) is 60.4 Å². The average Bonchev–Trinajstić information content (AvgIpc) is 3.17. The van der Waals surface area contributed by atoms with Gasteiger partial charge in [-0.05, 0) is 57.2 Å². The van der Waals surface area contributed by atoms with Crippen LogP contribution in [-0.2, 0) is 11.3 Å². The predicted octanol–water partition coefficient (Wildman–Crippen LogP) is 4.31. The van der Waals surface area contributed by atoms with Gasteiger partial charge < -0.3 is 19.5 Å². The number of nitrogens with one attached hydrogen (secondary N) is 1. The van der Waals surface area contributed by atoms with Gasteiger partial charge in [0.05, 0.1) is 7.11 Å². The molecule has 0 radical (unpaired) electrons. The van der Waals surface area contributed by atoms with E-state index in [-0.39, 0.29) is 17.5 Å². The Hall–Kier alpha value is -3.54. The van der Waals surface area contributed by atoms with Crippen LogP contribution in [0.4, 0.5) is 0 Å².